The van der Waals surface area contributed by atoms with Gasteiger partial charge in [0.25, 0.3) is 0 Å². The van der Waals surface area contributed by atoms with E-state index in [0.717, 1.165) is 28.6 Å². The lowest BCUT2D eigenvalue weighted by atomic mass is 10.1. The maximum Gasteiger partial charge on any atom is 0.223 e. The van der Waals surface area contributed by atoms with Crippen LogP contribution in [0.1, 0.15) is 6.92 Å². The van der Waals surface area contributed by atoms with Gasteiger partial charge in [-0.2, -0.15) is 0 Å². The molecule has 94 valence electrons. The summed E-state index contributed by atoms with van der Waals surface area (Å²) in [6.45, 7) is 2.83. The van der Waals surface area contributed by atoms with Crippen LogP contribution in [0.3, 0.4) is 0 Å². The molecule has 0 saturated heterocycles. The van der Waals surface area contributed by atoms with Crippen LogP contribution in [0.25, 0.3) is 22.0 Å². The molecular weight excluding hydrogens is 236 g/mol. The van der Waals surface area contributed by atoms with Crippen LogP contribution in [0.2, 0.25) is 0 Å². The summed E-state index contributed by atoms with van der Waals surface area (Å²) in [5.41, 5.74) is 1.91. The first kappa shape index (κ1) is 11.6. The highest BCUT2D eigenvalue weighted by atomic mass is 15.1. The molecule has 0 unspecified atom stereocenters. The average molecular weight is 250 g/mol. The molecule has 4 heteroatoms. The zero-order valence-electron chi connectivity index (χ0n) is 10.7. The molecule has 1 aromatic carbocycles. The quantitative estimate of drug-likeness (QED) is 0.776. The van der Waals surface area contributed by atoms with Gasteiger partial charge in [-0.25, -0.2) is 9.97 Å². The third-order valence-electron chi connectivity index (χ3n) is 2.93. The summed E-state index contributed by atoms with van der Waals surface area (Å²) in [7, 11) is 0. The van der Waals surface area contributed by atoms with E-state index in [1.54, 1.807) is 6.20 Å². The van der Waals surface area contributed by atoms with Gasteiger partial charge >= 0.3 is 0 Å². The fourth-order valence-electron chi connectivity index (χ4n) is 2.07. The van der Waals surface area contributed by atoms with Crippen molar-refractivity contribution in [3.63, 3.8) is 0 Å². The molecule has 3 rings (SSSR count). The monoisotopic (exact) mass is 250 g/mol. The Morgan fingerprint density at radius 2 is 2.00 bits per heavy atom. The standard InChI is InChI=1S/C15H14N4/c1-2-17-15-18-8-7-14(19-15)13-10-16-9-11-5-3-4-6-12(11)13/h3-10H,2H2,1H3,(H,17,18,19). The van der Waals surface area contributed by atoms with Gasteiger partial charge in [0.15, 0.2) is 0 Å². The number of nitrogens with one attached hydrogen (secondary N) is 1. The molecule has 4 nitrogen and oxygen atoms in total. The largest absolute Gasteiger partial charge is 0.354 e. The van der Waals surface area contributed by atoms with Crippen LogP contribution in [0.5, 0.6) is 0 Å². The Balaban J connectivity index is 2.16. The zero-order chi connectivity index (χ0) is 13.1. The third-order valence-corrected chi connectivity index (χ3v) is 2.93. The van der Waals surface area contributed by atoms with Gasteiger partial charge < -0.3 is 5.32 Å². The van der Waals surface area contributed by atoms with E-state index in [1.165, 1.54) is 0 Å². The van der Waals surface area contributed by atoms with E-state index in [0.29, 0.717) is 5.95 Å². The second-order valence-corrected chi connectivity index (χ2v) is 4.20. The molecule has 0 aliphatic carbocycles. The fourth-order valence-corrected chi connectivity index (χ4v) is 2.07. The highest BCUT2D eigenvalue weighted by Gasteiger charge is 2.06. The van der Waals surface area contributed by atoms with E-state index >= 15 is 0 Å². The average Bonchev–Trinajstić information content (AvgIpc) is 2.47. The van der Waals surface area contributed by atoms with Crippen molar-refractivity contribution in [1.29, 1.82) is 0 Å². The maximum atomic E-state index is 4.52. The van der Waals surface area contributed by atoms with E-state index < -0.39 is 0 Å². The highest BCUT2D eigenvalue weighted by molar-refractivity contribution is 5.94. The number of benzene rings is 1. The molecule has 0 saturated carbocycles. The van der Waals surface area contributed by atoms with Gasteiger partial charge in [-0.15, -0.1) is 0 Å². The number of anilines is 1. The minimum absolute atomic E-state index is 0.646. The lowest BCUT2D eigenvalue weighted by molar-refractivity contribution is 1.09. The lowest BCUT2D eigenvalue weighted by Gasteiger charge is -2.07. The second-order valence-electron chi connectivity index (χ2n) is 4.20. The number of fused-ring (bicyclic) bond motifs is 1. The van der Waals surface area contributed by atoms with Gasteiger partial charge in [-0.3, -0.25) is 4.98 Å². The lowest BCUT2D eigenvalue weighted by Crippen LogP contribution is -2.02. The number of aromatic nitrogens is 3. The minimum atomic E-state index is 0.646. The first-order valence-electron chi connectivity index (χ1n) is 6.28. The molecule has 19 heavy (non-hydrogen) atoms. The van der Waals surface area contributed by atoms with Crippen molar-refractivity contribution in [2.45, 2.75) is 6.92 Å². The summed E-state index contributed by atoms with van der Waals surface area (Å²) in [6.07, 6.45) is 5.48. The number of hydrogen-bond donors (Lipinski definition) is 1. The van der Waals surface area contributed by atoms with Crippen molar-refractivity contribution < 1.29 is 0 Å². The van der Waals surface area contributed by atoms with Crippen LogP contribution in [-0.2, 0) is 0 Å². The first-order valence-corrected chi connectivity index (χ1v) is 6.28. The smallest absolute Gasteiger partial charge is 0.223 e. The van der Waals surface area contributed by atoms with Gasteiger partial charge in [0.05, 0.1) is 5.69 Å². The molecule has 0 fully saturated rings. The highest BCUT2D eigenvalue weighted by Crippen LogP contribution is 2.26. The number of pyridine rings is 1. The van der Waals surface area contributed by atoms with Crippen molar-refractivity contribution in [1.82, 2.24) is 15.0 Å². The Labute approximate surface area is 111 Å². The first-order chi connectivity index (χ1) is 9.38. The van der Waals surface area contributed by atoms with Gasteiger partial charge in [0, 0.05) is 36.1 Å². The summed E-state index contributed by atoms with van der Waals surface area (Å²) in [4.78, 5) is 13.0. The molecule has 0 spiro atoms. The van der Waals surface area contributed by atoms with Crippen molar-refractivity contribution in [2.24, 2.45) is 0 Å². The SMILES string of the molecule is CCNc1nccc(-c2cncc3ccccc23)n1. The Morgan fingerprint density at radius 3 is 2.89 bits per heavy atom. The van der Waals surface area contributed by atoms with E-state index in [9.17, 15) is 0 Å². The molecule has 2 heterocycles. The van der Waals surface area contributed by atoms with E-state index in [1.807, 2.05) is 37.5 Å². The van der Waals surface area contributed by atoms with Crippen LogP contribution >= 0.6 is 0 Å². The van der Waals surface area contributed by atoms with Crippen LogP contribution < -0.4 is 5.32 Å². The van der Waals surface area contributed by atoms with Gasteiger partial charge in [0.1, 0.15) is 0 Å². The molecule has 0 atom stereocenters. The molecular formula is C15H14N4. The second kappa shape index (κ2) is 5.02. The van der Waals surface area contributed by atoms with Gasteiger partial charge in [-0.1, -0.05) is 24.3 Å². The Morgan fingerprint density at radius 1 is 1.11 bits per heavy atom. The Hall–Kier alpha value is -2.49. The van der Waals surface area contributed by atoms with Crippen molar-refractivity contribution in [3.05, 3.63) is 48.9 Å². The minimum Gasteiger partial charge on any atom is -0.354 e. The summed E-state index contributed by atoms with van der Waals surface area (Å²) in [5, 5.41) is 5.39. The maximum absolute atomic E-state index is 4.52. The summed E-state index contributed by atoms with van der Waals surface area (Å²) >= 11 is 0. The zero-order valence-corrected chi connectivity index (χ0v) is 10.7. The van der Waals surface area contributed by atoms with Gasteiger partial charge in [0.2, 0.25) is 5.95 Å². The number of rotatable bonds is 3. The molecule has 3 aromatic rings. The Kier molecular flexibility index (Phi) is 3.06. The van der Waals surface area contributed by atoms with Crippen LogP contribution in [0.4, 0.5) is 5.95 Å². The van der Waals surface area contributed by atoms with E-state index in [4.69, 9.17) is 0 Å². The number of hydrogen-bond acceptors (Lipinski definition) is 4. The molecule has 0 bridgehead atoms. The summed E-state index contributed by atoms with van der Waals surface area (Å²) in [6, 6.07) is 10.1. The van der Waals surface area contributed by atoms with Crippen LogP contribution in [0.15, 0.2) is 48.9 Å². The molecule has 1 N–H and O–H groups in total. The third kappa shape index (κ3) is 2.25. The van der Waals surface area contributed by atoms with Crippen LogP contribution in [0, 0.1) is 0 Å². The predicted octanol–water partition coefficient (Wildman–Crippen LogP) is 3.12. The fraction of sp³-hybridized carbons (Fsp3) is 0.133. The Bertz CT molecular complexity index is 704. The topological polar surface area (TPSA) is 50.7 Å². The van der Waals surface area contributed by atoms with E-state index in [2.05, 4.69) is 32.4 Å². The van der Waals surface area contributed by atoms with Crippen molar-refractivity contribution in [3.8, 4) is 11.3 Å². The molecule has 0 radical (unpaired) electrons. The molecule has 0 amide bonds. The summed E-state index contributed by atoms with van der Waals surface area (Å²) < 4.78 is 0. The van der Waals surface area contributed by atoms with Crippen molar-refractivity contribution >= 4 is 16.7 Å². The molecule has 0 aliphatic rings. The van der Waals surface area contributed by atoms with Crippen LogP contribution in [-0.4, -0.2) is 21.5 Å². The van der Waals surface area contributed by atoms with Crippen molar-refractivity contribution in [2.75, 3.05) is 11.9 Å². The predicted molar refractivity (Wildman–Crippen MR) is 76.9 cm³/mol. The number of nitrogens with zero attached hydrogens (tertiary/aromatic N) is 3. The molecule has 2 aromatic heterocycles. The normalized spacial score (nSPS) is 10.6. The summed E-state index contributed by atoms with van der Waals surface area (Å²) in [5.74, 6) is 0.646. The van der Waals surface area contributed by atoms with E-state index in [-0.39, 0.29) is 0 Å². The van der Waals surface area contributed by atoms with Gasteiger partial charge in [-0.05, 0) is 18.4 Å². The molecule has 0 aliphatic heterocycles.